The van der Waals surface area contributed by atoms with Crippen molar-refractivity contribution >= 4 is 5.82 Å². The van der Waals surface area contributed by atoms with Gasteiger partial charge in [-0.1, -0.05) is 0 Å². The van der Waals surface area contributed by atoms with Gasteiger partial charge in [-0.2, -0.15) is 0 Å². The van der Waals surface area contributed by atoms with Crippen molar-refractivity contribution in [3.8, 4) is 0 Å². The molecular weight excluding hydrogens is 240 g/mol. The highest BCUT2D eigenvalue weighted by molar-refractivity contribution is 5.50. The van der Waals surface area contributed by atoms with E-state index in [1.54, 1.807) is 6.33 Å². The van der Waals surface area contributed by atoms with Gasteiger partial charge in [-0.15, -0.1) is 0 Å². The minimum atomic E-state index is 0.192. The maximum absolute atomic E-state index is 6.28. The van der Waals surface area contributed by atoms with Gasteiger partial charge in [0.2, 0.25) is 0 Å². The molecule has 3 N–H and O–H groups in total. The van der Waals surface area contributed by atoms with Gasteiger partial charge in [-0.3, -0.25) is 0 Å². The summed E-state index contributed by atoms with van der Waals surface area (Å²) in [5, 5.41) is 3.53. The molecule has 2 aliphatic carbocycles. The van der Waals surface area contributed by atoms with Gasteiger partial charge in [-0.25, -0.2) is 9.97 Å². The zero-order valence-electron chi connectivity index (χ0n) is 11.0. The van der Waals surface area contributed by atoms with Crippen LogP contribution in [0.1, 0.15) is 30.5 Å². The van der Waals surface area contributed by atoms with Crippen LogP contribution in [-0.2, 0) is 17.6 Å². The Bertz CT molecular complexity index is 492. The minimum absolute atomic E-state index is 0.192. The van der Waals surface area contributed by atoms with E-state index in [2.05, 4.69) is 15.3 Å². The smallest absolute Gasteiger partial charge is 0.133 e. The van der Waals surface area contributed by atoms with E-state index in [-0.39, 0.29) is 18.2 Å². The molecule has 3 aliphatic rings. The van der Waals surface area contributed by atoms with E-state index in [1.807, 2.05) is 0 Å². The number of nitrogens with zero attached hydrogens (tertiary/aromatic N) is 2. The van der Waals surface area contributed by atoms with Crippen LogP contribution in [0.2, 0.25) is 0 Å². The number of hydrogen-bond acceptors (Lipinski definition) is 5. The van der Waals surface area contributed by atoms with Crippen molar-refractivity contribution in [2.45, 2.75) is 50.3 Å². The van der Waals surface area contributed by atoms with Gasteiger partial charge in [0.25, 0.3) is 0 Å². The molecule has 0 bridgehead atoms. The van der Waals surface area contributed by atoms with E-state index >= 15 is 0 Å². The highest BCUT2D eigenvalue weighted by Gasteiger charge is 2.50. The molecule has 0 spiro atoms. The number of hydrogen-bond donors (Lipinski definition) is 2. The van der Waals surface area contributed by atoms with Crippen LogP contribution in [0.25, 0.3) is 0 Å². The summed E-state index contributed by atoms with van der Waals surface area (Å²) in [6.07, 6.45) is 7.62. The molecule has 4 rings (SSSR count). The van der Waals surface area contributed by atoms with E-state index in [0.717, 1.165) is 31.7 Å². The van der Waals surface area contributed by atoms with Gasteiger partial charge in [-0.05, 0) is 32.1 Å². The van der Waals surface area contributed by atoms with Gasteiger partial charge in [0, 0.05) is 29.8 Å². The molecule has 1 aromatic rings. The third-order valence-electron chi connectivity index (χ3n) is 4.86. The van der Waals surface area contributed by atoms with Crippen LogP contribution in [0.15, 0.2) is 6.33 Å². The Labute approximate surface area is 113 Å². The number of ether oxygens (including phenoxy) is 1. The first-order valence-corrected chi connectivity index (χ1v) is 7.31. The van der Waals surface area contributed by atoms with Crippen molar-refractivity contribution in [2.24, 2.45) is 11.7 Å². The molecule has 1 aromatic heterocycles. The van der Waals surface area contributed by atoms with Crippen molar-refractivity contribution in [3.05, 3.63) is 17.6 Å². The van der Waals surface area contributed by atoms with Crippen molar-refractivity contribution in [1.82, 2.24) is 9.97 Å². The molecule has 4 atom stereocenters. The Morgan fingerprint density at radius 2 is 2.21 bits per heavy atom. The van der Waals surface area contributed by atoms with Gasteiger partial charge in [0.1, 0.15) is 12.1 Å². The van der Waals surface area contributed by atoms with Gasteiger partial charge in [0.15, 0.2) is 0 Å². The fourth-order valence-corrected chi connectivity index (χ4v) is 3.77. The summed E-state index contributed by atoms with van der Waals surface area (Å²) < 4.78 is 5.87. The molecule has 1 aliphatic heterocycles. The zero-order chi connectivity index (χ0) is 12.8. The third kappa shape index (κ3) is 1.75. The van der Waals surface area contributed by atoms with E-state index in [4.69, 9.17) is 10.5 Å². The Kier molecular flexibility index (Phi) is 2.70. The Morgan fingerprint density at radius 3 is 3.16 bits per heavy atom. The van der Waals surface area contributed by atoms with Crippen LogP contribution in [0.5, 0.6) is 0 Å². The second-order valence-corrected chi connectivity index (χ2v) is 5.89. The lowest BCUT2D eigenvalue weighted by Crippen LogP contribution is -2.69. The number of aromatic nitrogens is 2. The molecule has 2 fully saturated rings. The monoisotopic (exact) mass is 260 g/mol. The summed E-state index contributed by atoms with van der Waals surface area (Å²) in [7, 11) is 0. The van der Waals surface area contributed by atoms with E-state index in [0.29, 0.717) is 5.92 Å². The quantitative estimate of drug-likeness (QED) is 0.826. The molecular formula is C14H20N4O. The molecule has 1 saturated heterocycles. The van der Waals surface area contributed by atoms with E-state index < -0.39 is 0 Å². The van der Waals surface area contributed by atoms with Gasteiger partial charge in [0.05, 0.1) is 12.1 Å². The molecule has 5 heteroatoms. The number of nitrogens with one attached hydrogen (secondary N) is 1. The zero-order valence-corrected chi connectivity index (χ0v) is 11.0. The molecule has 5 nitrogen and oxygen atoms in total. The summed E-state index contributed by atoms with van der Waals surface area (Å²) in [5.41, 5.74) is 8.77. The van der Waals surface area contributed by atoms with Crippen molar-refractivity contribution < 1.29 is 4.74 Å². The molecule has 2 heterocycles. The molecule has 0 amide bonds. The number of anilines is 1. The summed E-state index contributed by atoms with van der Waals surface area (Å²) in [6.45, 7) is 0.869. The lowest BCUT2D eigenvalue weighted by atomic mass is 9.68. The van der Waals surface area contributed by atoms with E-state index in [9.17, 15) is 0 Å². The molecule has 1 saturated carbocycles. The predicted molar refractivity (Wildman–Crippen MR) is 71.9 cm³/mol. The summed E-state index contributed by atoms with van der Waals surface area (Å²) in [4.78, 5) is 8.77. The van der Waals surface area contributed by atoms with Gasteiger partial charge >= 0.3 is 0 Å². The van der Waals surface area contributed by atoms with Crippen molar-refractivity contribution in [1.29, 1.82) is 0 Å². The summed E-state index contributed by atoms with van der Waals surface area (Å²) >= 11 is 0. The molecule has 19 heavy (non-hydrogen) atoms. The second-order valence-electron chi connectivity index (χ2n) is 5.89. The van der Waals surface area contributed by atoms with Crippen molar-refractivity contribution in [3.63, 3.8) is 0 Å². The van der Waals surface area contributed by atoms with E-state index in [1.165, 1.54) is 24.1 Å². The molecule has 4 unspecified atom stereocenters. The standard InChI is InChI=1S/C14H20N4O/c15-11-9-4-2-6-19-13(9)12(11)18-14-8-3-1-5-10(8)16-7-17-14/h7,9,11-13H,1-6,15H2,(H,16,17,18). The Balaban J connectivity index is 1.54. The van der Waals surface area contributed by atoms with Crippen LogP contribution in [0, 0.1) is 5.92 Å². The van der Waals surface area contributed by atoms with Crippen molar-refractivity contribution in [2.75, 3.05) is 11.9 Å². The third-order valence-corrected chi connectivity index (χ3v) is 4.86. The highest BCUT2D eigenvalue weighted by atomic mass is 16.5. The lowest BCUT2D eigenvalue weighted by molar-refractivity contribution is -0.104. The largest absolute Gasteiger partial charge is 0.376 e. The number of fused-ring (bicyclic) bond motifs is 2. The Hall–Kier alpha value is -1.20. The fourth-order valence-electron chi connectivity index (χ4n) is 3.77. The summed E-state index contributed by atoms with van der Waals surface area (Å²) in [6, 6.07) is 0.405. The van der Waals surface area contributed by atoms with Gasteiger partial charge < -0.3 is 15.8 Å². The normalized spacial score (nSPS) is 36.3. The molecule has 0 aromatic carbocycles. The Morgan fingerprint density at radius 1 is 1.26 bits per heavy atom. The first-order chi connectivity index (χ1) is 9.34. The minimum Gasteiger partial charge on any atom is -0.376 e. The topological polar surface area (TPSA) is 73.1 Å². The maximum Gasteiger partial charge on any atom is 0.133 e. The number of aryl methyl sites for hydroxylation is 1. The average Bonchev–Trinajstić information content (AvgIpc) is 2.93. The second kappa shape index (κ2) is 4.42. The summed E-state index contributed by atoms with van der Waals surface area (Å²) in [5.74, 6) is 1.51. The molecule has 102 valence electrons. The highest BCUT2D eigenvalue weighted by Crippen LogP contribution is 2.39. The fraction of sp³-hybridized carbons (Fsp3) is 0.714. The van der Waals surface area contributed by atoms with Crippen LogP contribution in [0.4, 0.5) is 5.82 Å². The lowest BCUT2D eigenvalue weighted by Gasteiger charge is -2.52. The average molecular weight is 260 g/mol. The van der Waals surface area contributed by atoms with Crippen LogP contribution < -0.4 is 11.1 Å². The van der Waals surface area contributed by atoms with Crippen LogP contribution >= 0.6 is 0 Å². The van der Waals surface area contributed by atoms with Crippen LogP contribution in [0.3, 0.4) is 0 Å². The first-order valence-electron chi connectivity index (χ1n) is 7.31. The SMILES string of the molecule is NC1C2CCCOC2C1Nc1ncnc2c1CCC2. The van der Waals surface area contributed by atoms with Crippen LogP contribution in [-0.4, -0.2) is 34.8 Å². The number of nitrogens with two attached hydrogens (primary N) is 1. The predicted octanol–water partition coefficient (Wildman–Crippen LogP) is 0.882. The molecule has 0 radical (unpaired) electrons. The first kappa shape index (κ1) is 11.6. The maximum atomic E-state index is 6.28. The number of rotatable bonds is 2.